The highest BCUT2D eigenvalue weighted by Crippen LogP contribution is 2.35. The maximum Gasteiger partial charge on any atom is 0.216 e. The van der Waals surface area contributed by atoms with E-state index in [1.165, 1.54) is 7.11 Å². The number of halogens is 2. The van der Waals surface area contributed by atoms with Crippen LogP contribution in [0.5, 0.6) is 5.75 Å². The molecule has 0 aliphatic heterocycles. The molecule has 1 heterocycles. The Kier molecular flexibility index (Phi) is 5.20. The fourth-order valence-electron chi connectivity index (χ4n) is 2.12. The van der Waals surface area contributed by atoms with Gasteiger partial charge in [-0.05, 0) is 42.5 Å². The van der Waals surface area contributed by atoms with Gasteiger partial charge in [0, 0.05) is 16.6 Å². The maximum atomic E-state index is 12.5. The van der Waals surface area contributed by atoms with Gasteiger partial charge in [-0.25, -0.2) is 4.21 Å². The highest BCUT2D eigenvalue weighted by atomic mass is 35.5. The first-order valence-corrected chi connectivity index (χ1v) is 8.65. The van der Waals surface area contributed by atoms with Crippen molar-refractivity contribution in [1.82, 2.24) is 4.98 Å². The molecule has 0 bridgehead atoms. The molecule has 8 heteroatoms. The number of nitrogens with one attached hydrogen (secondary N) is 1. The van der Waals surface area contributed by atoms with E-state index in [4.69, 9.17) is 32.2 Å². The van der Waals surface area contributed by atoms with Gasteiger partial charge >= 0.3 is 0 Å². The van der Waals surface area contributed by atoms with Crippen molar-refractivity contribution in [2.45, 2.75) is 4.90 Å². The van der Waals surface area contributed by atoms with Crippen molar-refractivity contribution in [3.05, 3.63) is 58.7 Å². The second kappa shape index (κ2) is 7.36. The first kappa shape index (κ1) is 17.0. The molecule has 0 spiro atoms. The fourth-order valence-corrected chi connectivity index (χ4v) is 3.38. The highest BCUT2D eigenvalue weighted by molar-refractivity contribution is 7.80. The Labute approximate surface area is 151 Å². The average molecular weight is 383 g/mol. The number of pyridine rings is 1. The molecular formula is C16H12Cl2N2O3S. The normalized spacial score (nSPS) is 12.1. The summed E-state index contributed by atoms with van der Waals surface area (Å²) in [6.45, 7) is 0. The molecule has 1 unspecified atom stereocenters. The molecule has 0 aliphatic carbocycles. The number of hydrogen-bond acceptors (Lipinski definition) is 5. The largest absolute Gasteiger partial charge is 0.493 e. The van der Waals surface area contributed by atoms with E-state index in [0.717, 1.165) is 0 Å². The van der Waals surface area contributed by atoms with Crippen LogP contribution in [0.25, 0.3) is 10.9 Å². The van der Waals surface area contributed by atoms with E-state index in [0.29, 0.717) is 32.4 Å². The van der Waals surface area contributed by atoms with Crippen LogP contribution >= 0.6 is 23.2 Å². The van der Waals surface area contributed by atoms with Crippen LogP contribution < -0.4 is 10.2 Å². The summed E-state index contributed by atoms with van der Waals surface area (Å²) in [5.41, 5.74) is 3.74. The smallest absolute Gasteiger partial charge is 0.216 e. The van der Waals surface area contributed by atoms with Crippen molar-refractivity contribution in [3.8, 4) is 5.75 Å². The molecule has 124 valence electrons. The summed E-state index contributed by atoms with van der Waals surface area (Å²) in [5.74, 6) is 0.353. The molecular weight excluding hydrogens is 371 g/mol. The van der Waals surface area contributed by atoms with Crippen molar-refractivity contribution in [3.63, 3.8) is 0 Å². The van der Waals surface area contributed by atoms with Gasteiger partial charge < -0.3 is 4.74 Å². The van der Waals surface area contributed by atoms with Crippen LogP contribution in [0.15, 0.2) is 53.6 Å². The summed E-state index contributed by atoms with van der Waals surface area (Å²) in [4.78, 5) is 4.54. The van der Waals surface area contributed by atoms with Gasteiger partial charge in [0.25, 0.3) is 0 Å². The van der Waals surface area contributed by atoms with Gasteiger partial charge in [0.15, 0.2) is 5.75 Å². The van der Waals surface area contributed by atoms with Crippen molar-refractivity contribution in [2.24, 2.45) is 0 Å². The maximum absolute atomic E-state index is 12.5. The summed E-state index contributed by atoms with van der Waals surface area (Å²) in [7, 11) is 1.48. The SMILES string of the molecule is COc1c(S(=O)ONc2ccc(Cl)cc2)cc(Cl)c2cccnc12. The summed E-state index contributed by atoms with van der Waals surface area (Å²) < 4.78 is 23.1. The first-order chi connectivity index (χ1) is 11.6. The van der Waals surface area contributed by atoms with Crippen molar-refractivity contribution < 1.29 is 13.2 Å². The molecule has 3 aromatic rings. The van der Waals surface area contributed by atoms with E-state index >= 15 is 0 Å². The zero-order valence-electron chi connectivity index (χ0n) is 12.5. The molecule has 0 radical (unpaired) electrons. The Hall–Kier alpha value is -1.86. The van der Waals surface area contributed by atoms with Crippen LogP contribution in [-0.2, 0) is 15.4 Å². The van der Waals surface area contributed by atoms with Crippen molar-refractivity contribution >= 4 is 50.9 Å². The van der Waals surface area contributed by atoms with Gasteiger partial charge in [-0.1, -0.05) is 23.2 Å². The zero-order chi connectivity index (χ0) is 17.1. The molecule has 0 aliphatic rings. The average Bonchev–Trinajstić information content (AvgIpc) is 2.61. The molecule has 24 heavy (non-hydrogen) atoms. The highest BCUT2D eigenvalue weighted by Gasteiger charge is 2.19. The van der Waals surface area contributed by atoms with Gasteiger partial charge in [0.05, 0.1) is 17.8 Å². The number of rotatable bonds is 5. The zero-order valence-corrected chi connectivity index (χ0v) is 14.8. The summed E-state index contributed by atoms with van der Waals surface area (Å²) in [5, 5.41) is 1.72. The number of nitrogens with zero attached hydrogens (tertiary/aromatic N) is 1. The van der Waals surface area contributed by atoms with E-state index in [1.807, 2.05) is 6.07 Å². The second-order valence-corrected chi connectivity index (χ2v) is 6.64. The Morgan fingerprint density at radius 2 is 1.92 bits per heavy atom. The Morgan fingerprint density at radius 1 is 1.17 bits per heavy atom. The van der Waals surface area contributed by atoms with Crippen LogP contribution in [0.4, 0.5) is 5.69 Å². The first-order valence-electron chi connectivity index (χ1n) is 6.82. The van der Waals surface area contributed by atoms with Gasteiger partial charge in [0.2, 0.25) is 11.1 Å². The summed E-state index contributed by atoms with van der Waals surface area (Å²) in [6.07, 6.45) is 1.61. The van der Waals surface area contributed by atoms with Crippen LogP contribution in [0.3, 0.4) is 0 Å². The number of ether oxygens (including phenoxy) is 1. The minimum Gasteiger partial charge on any atom is -0.493 e. The van der Waals surface area contributed by atoms with Gasteiger partial charge in [0.1, 0.15) is 10.4 Å². The molecule has 3 rings (SSSR count). The molecule has 5 nitrogen and oxygen atoms in total. The number of aromatic nitrogens is 1. The number of anilines is 1. The molecule has 1 atom stereocenters. The van der Waals surface area contributed by atoms with E-state index < -0.39 is 11.1 Å². The van der Waals surface area contributed by atoms with Gasteiger partial charge in [-0.15, -0.1) is 0 Å². The molecule has 0 amide bonds. The molecule has 1 N–H and O–H groups in total. The van der Waals surface area contributed by atoms with Crippen LogP contribution in [-0.4, -0.2) is 16.3 Å². The van der Waals surface area contributed by atoms with E-state index in [1.54, 1.807) is 42.6 Å². The van der Waals surface area contributed by atoms with Crippen LogP contribution in [0.2, 0.25) is 10.0 Å². The standard InChI is InChI=1S/C16H12Cl2N2O3S/c1-22-16-14(9-13(18)12-3-2-8-19-15(12)16)24(21)23-20-11-6-4-10(17)5-7-11/h2-9,20H,1H3. The third kappa shape index (κ3) is 3.47. The lowest BCUT2D eigenvalue weighted by Crippen LogP contribution is -2.07. The molecule has 2 aromatic carbocycles. The van der Waals surface area contributed by atoms with E-state index in [2.05, 4.69) is 10.5 Å². The van der Waals surface area contributed by atoms with Crippen LogP contribution in [0, 0.1) is 0 Å². The minimum atomic E-state index is -1.86. The van der Waals surface area contributed by atoms with Crippen LogP contribution in [0.1, 0.15) is 0 Å². The molecule has 0 saturated carbocycles. The third-order valence-corrected chi connectivity index (χ3v) is 4.69. The molecule has 1 aromatic heterocycles. The monoisotopic (exact) mass is 382 g/mol. The minimum absolute atomic E-state index is 0.287. The lowest BCUT2D eigenvalue weighted by atomic mass is 10.2. The Balaban J connectivity index is 1.90. The van der Waals surface area contributed by atoms with Gasteiger partial charge in [-0.3, -0.25) is 10.5 Å². The summed E-state index contributed by atoms with van der Waals surface area (Å²) in [6, 6.07) is 11.9. The number of hydrogen-bond donors (Lipinski definition) is 1. The topological polar surface area (TPSA) is 60.5 Å². The molecule has 0 fully saturated rings. The number of benzene rings is 2. The predicted molar refractivity (Wildman–Crippen MR) is 95.9 cm³/mol. The predicted octanol–water partition coefficient (Wildman–Crippen LogP) is 4.62. The van der Waals surface area contributed by atoms with Crippen molar-refractivity contribution in [2.75, 3.05) is 12.6 Å². The third-order valence-electron chi connectivity index (χ3n) is 3.22. The van der Waals surface area contributed by atoms with E-state index in [9.17, 15) is 4.21 Å². The Bertz CT molecular complexity index is 904. The Morgan fingerprint density at radius 3 is 2.62 bits per heavy atom. The quantitative estimate of drug-likeness (QED) is 0.652. The van der Waals surface area contributed by atoms with Crippen molar-refractivity contribution in [1.29, 1.82) is 0 Å². The van der Waals surface area contributed by atoms with Gasteiger partial charge in [-0.2, -0.15) is 4.28 Å². The lowest BCUT2D eigenvalue weighted by Gasteiger charge is -2.12. The van der Waals surface area contributed by atoms with E-state index in [-0.39, 0.29) is 4.90 Å². The fraction of sp³-hybridized carbons (Fsp3) is 0.0625. The second-order valence-electron chi connectivity index (χ2n) is 4.72. The number of fused-ring (bicyclic) bond motifs is 1. The number of methoxy groups -OCH3 is 1. The summed E-state index contributed by atoms with van der Waals surface area (Å²) >= 11 is 10.2. The lowest BCUT2D eigenvalue weighted by molar-refractivity contribution is 0.399. The molecule has 0 saturated heterocycles.